The zero-order valence-corrected chi connectivity index (χ0v) is 22.7. The Hall–Kier alpha value is -4.80. The Labute approximate surface area is 236 Å². The number of carbonyl (C=O) groups excluding carboxylic acids is 3. The molecule has 0 bridgehead atoms. The zero-order valence-electron chi connectivity index (χ0n) is 22.7. The SMILES string of the molecule is COc1ccnc(C(=O)N[C@H]2COC(=O)[C@H](Cc3ccccc3)C[C@H](C)OC2=O)c1OCc1ccc2c(c1)OCO2. The van der Waals surface area contributed by atoms with Crippen molar-refractivity contribution in [3.8, 4) is 23.0 Å². The van der Waals surface area contributed by atoms with Crippen LogP contribution in [0, 0.1) is 5.92 Å². The lowest BCUT2D eigenvalue weighted by atomic mass is 9.94. The maximum atomic E-state index is 13.4. The molecule has 0 aliphatic carbocycles. The summed E-state index contributed by atoms with van der Waals surface area (Å²) in [7, 11) is 1.44. The third kappa shape index (κ3) is 6.68. The second-order valence-electron chi connectivity index (χ2n) is 9.69. The van der Waals surface area contributed by atoms with E-state index in [-0.39, 0.29) is 37.0 Å². The number of nitrogens with zero attached hydrogens (tertiary/aromatic N) is 1. The van der Waals surface area contributed by atoms with Crippen LogP contribution in [-0.4, -0.2) is 55.5 Å². The summed E-state index contributed by atoms with van der Waals surface area (Å²) in [6, 6.07) is 15.2. The average molecular weight is 563 g/mol. The molecule has 0 unspecified atom stereocenters. The van der Waals surface area contributed by atoms with Gasteiger partial charge in [0.2, 0.25) is 6.79 Å². The molecule has 2 aliphatic rings. The standard InChI is InChI=1S/C30H30N2O9/c1-18-12-21(13-19-6-4-3-5-7-19)29(34)38-16-22(30(35)41-18)32-28(33)26-27(24(36-2)10-11-31-26)37-15-20-8-9-23-25(14-20)40-17-39-23/h3-11,14,18,21-22H,12-13,15-17H2,1-2H3,(H,32,33)/t18-,21-,22-/m0/s1. The second kappa shape index (κ2) is 12.6. The Morgan fingerprint density at radius 1 is 1.00 bits per heavy atom. The molecule has 5 rings (SSSR count). The van der Waals surface area contributed by atoms with Gasteiger partial charge in [-0.25, -0.2) is 9.78 Å². The molecule has 0 saturated carbocycles. The topological polar surface area (TPSA) is 132 Å². The molecule has 41 heavy (non-hydrogen) atoms. The molecule has 2 aliphatic heterocycles. The number of methoxy groups -OCH3 is 1. The molecule has 1 fully saturated rings. The van der Waals surface area contributed by atoms with Crippen LogP contribution in [0.1, 0.15) is 35.0 Å². The maximum absolute atomic E-state index is 13.4. The summed E-state index contributed by atoms with van der Waals surface area (Å²) >= 11 is 0. The normalized spacial score (nSPS) is 20.1. The number of hydrogen-bond acceptors (Lipinski definition) is 10. The van der Waals surface area contributed by atoms with E-state index in [0.29, 0.717) is 17.9 Å². The van der Waals surface area contributed by atoms with Gasteiger partial charge in [-0.05, 0) is 43.0 Å². The lowest BCUT2D eigenvalue weighted by Gasteiger charge is -2.19. The predicted octanol–water partition coefficient (Wildman–Crippen LogP) is 3.23. The minimum Gasteiger partial charge on any atom is -0.493 e. The van der Waals surface area contributed by atoms with Gasteiger partial charge in [-0.2, -0.15) is 0 Å². The van der Waals surface area contributed by atoms with E-state index in [1.807, 2.05) is 36.4 Å². The highest BCUT2D eigenvalue weighted by Gasteiger charge is 2.33. The Morgan fingerprint density at radius 2 is 1.80 bits per heavy atom. The van der Waals surface area contributed by atoms with Crippen LogP contribution in [0.5, 0.6) is 23.0 Å². The Morgan fingerprint density at radius 3 is 2.61 bits per heavy atom. The van der Waals surface area contributed by atoms with Crippen molar-refractivity contribution in [3.05, 3.63) is 77.6 Å². The van der Waals surface area contributed by atoms with Crippen LogP contribution >= 0.6 is 0 Å². The summed E-state index contributed by atoms with van der Waals surface area (Å²) in [5.74, 6) is -0.843. The van der Waals surface area contributed by atoms with Gasteiger partial charge in [0.25, 0.3) is 5.91 Å². The first kappa shape index (κ1) is 27.8. The molecule has 3 atom stereocenters. The fourth-order valence-electron chi connectivity index (χ4n) is 4.65. The highest BCUT2D eigenvalue weighted by Crippen LogP contribution is 2.34. The van der Waals surface area contributed by atoms with Gasteiger partial charge in [0, 0.05) is 12.3 Å². The van der Waals surface area contributed by atoms with Crippen molar-refractivity contribution in [3.63, 3.8) is 0 Å². The molecular weight excluding hydrogens is 532 g/mol. The molecule has 1 aromatic heterocycles. The molecule has 3 aromatic rings. The van der Waals surface area contributed by atoms with E-state index >= 15 is 0 Å². The number of aromatic nitrogens is 1. The number of benzene rings is 2. The fraction of sp³-hybridized carbons (Fsp3) is 0.333. The van der Waals surface area contributed by atoms with Crippen molar-refractivity contribution in [2.75, 3.05) is 20.5 Å². The molecule has 3 heterocycles. The van der Waals surface area contributed by atoms with Crippen LogP contribution in [0.4, 0.5) is 0 Å². The molecule has 0 spiro atoms. The Bertz CT molecular complexity index is 1410. The molecule has 1 saturated heterocycles. The van der Waals surface area contributed by atoms with Crippen LogP contribution in [0.2, 0.25) is 0 Å². The summed E-state index contributed by atoms with van der Waals surface area (Å²) in [5.41, 5.74) is 1.62. The van der Waals surface area contributed by atoms with Crippen molar-refractivity contribution < 1.29 is 42.8 Å². The average Bonchev–Trinajstić information content (AvgIpc) is 3.46. The summed E-state index contributed by atoms with van der Waals surface area (Å²) < 4.78 is 33.2. The first-order valence-electron chi connectivity index (χ1n) is 13.2. The van der Waals surface area contributed by atoms with E-state index in [1.165, 1.54) is 13.3 Å². The second-order valence-corrected chi connectivity index (χ2v) is 9.69. The Kier molecular flexibility index (Phi) is 8.52. The van der Waals surface area contributed by atoms with Crippen LogP contribution in [0.25, 0.3) is 0 Å². The molecule has 1 N–H and O–H groups in total. The monoisotopic (exact) mass is 562 g/mol. The lowest BCUT2D eigenvalue weighted by molar-refractivity contribution is -0.152. The van der Waals surface area contributed by atoms with Crippen LogP contribution in [0.3, 0.4) is 0 Å². The summed E-state index contributed by atoms with van der Waals surface area (Å²) in [6.45, 7) is 1.53. The third-order valence-electron chi connectivity index (χ3n) is 6.70. The summed E-state index contributed by atoms with van der Waals surface area (Å²) in [4.78, 5) is 43.4. The predicted molar refractivity (Wildman–Crippen MR) is 144 cm³/mol. The quantitative estimate of drug-likeness (QED) is 0.408. The minimum atomic E-state index is -1.25. The van der Waals surface area contributed by atoms with Crippen LogP contribution in [-0.2, 0) is 32.1 Å². The molecular formula is C30H30N2O9. The van der Waals surface area contributed by atoms with Gasteiger partial charge < -0.3 is 33.7 Å². The first-order valence-corrected chi connectivity index (χ1v) is 13.2. The molecule has 11 heteroatoms. The van der Waals surface area contributed by atoms with Crippen molar-refractivity contribution >= 4 is 17.8 Å². The summed E-state index contributed by atoms with van der Waals surface area (Å²) in [5, 5.41) is 2.58. The largest absolute Gasteiger partial charge is 0.493 e. The first-order chi connectivity index (χ1) is 19.9. The van der Waals surface area contributed by atoms with Gasteiger partial charge in [0.05, 0.1) is 19.1 Å². The molecule has 11 nitrogen and oxygen atoms in total. The summed E-state index contributed by atoms with van der Waals surface area (Å²) in [6.07, 6.45) is 1.54. The minimum absolute atomic E-state index is 0.0718. The lowest BCUT2D eigenvalue weighted by Crippen LogP contribution is -2.46. The van der Waals surface area contributed by atoms with E-state index in [4.69, 9.17) is 28.4 Å². The van der Waals surface area contributed by atoms with Crippen molar-refractivity contribution in [2.24, 2.45) is 5.92 Å². The number of fused-ring (bicyclic) bond motifs is 1. The van der Waals surface area contributed by atoms with Crippen molar-refractivity contribution in [2.45, 2.75) is 38.5 Å². The van der Waals surface area contributed by atoms with Gasteiger partial charge in [-0.15, -0.1) is 0 Å². The number of rotatable bonds is 8. The number of hydrogen-bond donors (Lipinski definition) is 1. The highest BCUT2D eigenvalue weighted by molar-refractivity contribution is 5.98. The third-order valence-corrected chi connectivity index (χ3v) is 6.70. The number of amides is 1. The zero-order chi connectivity index (χ0) is 28.8. The van der Waals surface area contributed by atoms with Crippen molar-refractivity contribution in [1.82, 2.24) is 10.3 Å². The number of nitrogens with one attached hydrogen (secondary N) is 1. The fourth-order valence-corrected chi connectivity index (χ4v) is 4.65. The van der Waals surface area contributed by atoms with Crippen LogP contribution < -0.4 is 24.3 Å². The van der Waals surface area contributed by atoms with E-state index in [9.17, 15) is 14.4 Å². The molecule has 2 aromatic carbocycles. The molecule has 0 radical (unpaired) electrons. The smallest absolute Gasteiger partial charge is 0.332 e. The number of esters is 2. The van der Waals surface area contributed by atoms with Crippen molar-refractivity contribution in [1.29, 1.82) is 0 Å². The van der Waals surface area contributed by atoms with E-state index < -0.39 is 42.5 Å². The number of pyridine rings is 1. The maximum Gasteiger partial charge on any atom is 0.332 e. The number of carbonyl (C=O) groups is 3. The van der Waals surface area contributed by atoms with Gasteiger partial charge in [0.15, 0.2) is 34.7 Å². The van der Waals surface area contributed by atoms with E-state index in [1.54, 1.807) is 25.1 Å². The van der Waals surface area contributed by atoms with Gasteiger partial charge in [-0.1, -0.05) is 36.4 Å². The van der Waals surface area contributed by atoms with Gasteiger partial charge in [-0.3, -0.25) is 9.59 Å². The van der Waals surface area contributed by atoms with Gasteiger partial charge >= 0.3 is 11.9 Å². The van der Waals surface area contributed by atoms with Crippen LogP contribution in [0.15, 0.2) is 60.8 Å². The number of ether oxygens (including phenoxy) is 6. The van der Waals surface area contributed by atoms with Gasteiger partial charge in [0.1, 0.15) is 13.2 Å². The highest BCUT2D eigenvalue weighted by atomic mass is 16.7. The number of cyclic esters (lactones) is 2. The molecule has 214 valence electrons. The molecule has 1 amide bonds. The Balaban J connectivity index is 1.29. The van der Waals surface area contributed by atoms with E-state index in [2.05, 4.69) is 10.3 Å². The van der Waals surface area contributed by atoms with E-state index in [0.717, 1.165) is 11.1 Å².